The highest BCUT2D eigenvalue weighted by atomic mass is 32.2. The quantitative estimate of drug-likeness (QED) is 0.785. The molecule has 1 unspecified atom stereocenters. The summed E-state index contributed by atoms with van der Waals surface area (Å²) < 4.78 is 0. The fourth-order valence-electron chi connectivity index (χ4n) is 1.59. The summed E-state index contributed by atoms with van der Waals surface area (Å²) >= 11 is 1.75. The van der Waals surface area contributed by atoms with Crippen LogP contribution in [0.15, 0.2) is 23.1 Å². The lowest BCUT2D eigenvalue weighted by molar-refractivity contribution is 0.637. The number of benzene rings is 1. The summed E-state index contributed by atoms with van der Waals surface area (Å²) in [7, 11) is 0. The van der Waals surface area contributed by atoms with Gasteiger partial charge in [-0.25, -0.2) is 0 Å². The zero-order chi connectivity index (χ0) is 12.7. The average molecular weight is 248 g/mol. The van der Waals surface area contributed by atoms with Crippen LogP contribution in [0.4, 0.5) is 0 Å². The molecule has 0 aliphatic rings. The second-order valence-corrected chi connectivity index (χ2v) is 5.28. The third kappa shape index (κ3) is 4.80. The van der Waals surface area contributed by atoms with Crippen molar-refractivity contribution in [3.63, 3.8) is 0 Å². The Bertz CT molecular complexity index is 396. The van der Waals surface area contributed by atoms with Gasteiger partial charge in [0.1, 0.15) is 6.04 Å². The van der Waals surface area contributed by atoms with Gasteiger partial charge in [0.15, 0.2) is 0 Å². The molecule has 1 N–H and O–H groups in total. The summed E-state index contributed by atoms with van der Waals surface area (Å²) in [6, 6.07) is 8.70. The van der Waals surface area contributed by atoms with Gasteiger partial charge in [-0.1, -0.05) is 24.6 Å². The molecule has 0 fully saturated rings. The molecule has 0 aliphatic carbocycles. The van der Waals surface area contributed by atoms with Crippen molar-refractivity contribution in [3.8, 4) is 6.07 Å². The molecule has 0 saturated heterocycles. The molecule has 1 aromatic rings. The topological polar surface area (TPSA) is 35.8 Å². The van der Waals surface area contributed by atoms with Gasteiger partial charge in [-0.05, 0) is 38.4 Å². The largest absolute Gasteiger partial charge is 0.301 e. The maximum Gasteiger partial charge on any atom is 0.105 e. The molecule has 0 radical (unpaired) electrons. The molecule has 0 heterocycles. The first kappa shape index (κ1) is 14.1. The van der Waals surface area contributed by atoms with Crippen molar-refractivity contribution in [2.75, 3.05) is 12.3 Å². The summed E-state index contributed by atoms with van der Waals surface area (Å²) in [5, 5.41) is 12.3. The van der Waals surface area contributed by atoms with E-state index in [2.05, 4.69) is 50.4 Å². The van der Waals surface area contributed by atoms with Crippen LogP contribution in [0.5, 0.6) is 0 Å². The van der Waals surface area contributed by atoms with Crippen LogP contribution in [-0.4, -0.2) is 18.3 Å². The van der Waals surface area contributed by atoms with E-state index in [1.165, 1.54) is 16.0 Å². The van der Waals surface area contributed by atoms with E-state index in [-0.39, 0.29) is 6.04 Å². The van der Waals surface area contributed by atoms with Crippen LogP contribution in [0.3, 0.4) is 0 Å². The Morgan fingerprint density at radius 3 is 2.76 bits per heavy atom. The van der Waals surface area contributed by atoms with Gasteiger partial charge >= 0.3 is 0 Å². The molecule has 0 aromatic heterocycles. The first-order chi connectivity index (χ1) is 8.17. The monoisotopic (exact) mass is 248 g/mol. The second kappa shape index (κ2) is 7.37. The van der Waals surface area contributed by atoms with Crippen LogP contribution in [0.2, 0.25) is 0 Å². The summed E-state index contributed by atoms with van der Waals surface area (Å²) in [4.78, 5) is 1.27. The molecule has 0 spiro atoms. The minimum absolute atomic E-state index is 0.0550. The number of aryl methyl sites for hydroxylation is 2. The van der Waals surface area contributed by atoms with Crippen LogP contribution in [0.1, 0.15) is 24.5 Å². The van der Waals surface area contributed by atoms with E-state index in [1.807, 2.05) is 0 Å². The molecule has 1 atom stereocenters. The highest BCUT2D eigenvalue weighted by Crippen LogP contribution is 2.23. The molecule has 0 amide bonds. The van der Waals surface area contributed by atoms with Gasteiger partial charge in [-0.2, -0.15) is 5.26 Å². The highest BCUT2D eigenvalue weighted by Gasteiger charge is 2.07. The van der Waals surface area contributed by atoms with Crippen LogP contribution in [0, 0.1) is 25.2 Å². The lowest BCUT2D eigenvalue weighted by Gasteiger charge is -2.11. The molecule has 0 aliphatic heterocycles. The number of nitriles is 1. The van der Waals surface area contributed by atoms with Gasteiger partial charge in [0, 0.05) is 10.6 Å². The van der Waals surface area contributed by atoms with E-state index in [1.54, 1.807) is 11.8 Å². The van der Waals surface area contributed by atoms with Crippen LogP contribution in [0.25, 0.3) is 0 Å². The molecule has 3 heteroatoms. The van der Waals surface area contributed by atoms with Crippen molar-refractivity contribution < 1.29 is 0 Å². The molecular weight excluding hydrogens is 228 g/mol. The van der Waals surface area contributed by atoms with Gasteiger partial charge in [-0.3, -0.25) is 0 Å². The number of thioether (sulfide) groups is 1. The van der Waals surface area contributed by atoms with E-state index in [0.717, 1.165) is 18.7 Å². The number of nitrogens with zero attached hydrogens (tertiary/aromatic N) is 1. The predicted molar refractivity (Wildman–Crippen MR) is 74.3 cm³/mol. The Morgan fingerprint density at radius 1 is 1.41 bits per heavy atom. The number of hydrogen-bond acceptors (Lipinski definition) is 3. The van der Waals surface area contributed by atoms with Crippen molar-refractivity contribution in [1.82, 2.24) is 5.32 Å². The van der Waals surface area contributed by atoms with Crippen molar-refractivity contribution in [3.05, 3.63) is 29.3 Å². The summed E-state index contributed by atoms with van der Waals surface area (Å²) in [6.07, 6.45) is 1.06. The SMILES string of the molecule is CCCNC(C#N)CSc1ccc(C)cc1C. The summed E-state index contributed by atoms with van der Waals surface area (Å²) in [5.41, 5.74) is 2.58. The summed E-state index contributed by atoms with van der Waals surface area (Å²) in [5.74, 6) is 0.806. The standard InChI is InChI=1S/C14H20N2S/c1-4-7-16-13(9-15)10-17-14-6-5-11(2)8-12(14)3/h5-6,8,13,16H,4,7,10H2,1-3H3. The minimum atomic E-state index is -0.0550. The Morgan fingerprint density at radius 2 is 2.18 bits per heavy atom. The minimum Gasteiger partial charge on any atom is -0.301 e. The maximum atomic E-state index is 9.02. The van der Waals surface area contributed by atoms with Gasteiger partial charge in [0.05, 0.1) is 6.07 Å². The first-order valence-corrected chi connectivity index (χ1v) is 6.99. The lowest BCUT2D eigenvalue weighted by atomic mass is 10.2. The molecule has 2 nitrogen and oxygen atoms in total. The summed E-state index contributed by atoms with van der Waals surface area (Å²) in [6.45, 7) is 7.24. The van der Waals surface area contributed by atoms with Gasteiger partial charge in [0.2, 0.25) is 0 Å². The third-order valence-corrected chi connectivity index (χ3v) is 3.80. The lowest BCUT2D eigenvalue weighted by Crippen LogP contribution is -2.30. The number of rotatable bonds is 6. The van der Waals surface area contributed by atoms with Crippen molar-refractivity contribution in [2.45, 2.75) is 38.1 Å². The Kier molecular flexibility index (Phi) is 6.10. The van der Waals surface area contributed by atoms with Crippen molar-refractivity contribution in [1.29, 1.82) is 5.26 Å². The van der Waals surface area contributed by atoms with Gasteiger partial charge < -0.3 is 5.32 Å². The Hall–Kier alpha value is -0.980. The van der Waals surface area contributed by atoms with E-state index < -0.39 is 0 Å². The van der Waals surface area contributed by atoms with E-state index in [0.29, 0.717) is 0 Å². The molecule has 0 bridgehead atoms. The number of hydrogen-bond donors (Lipinski definition) is 1. The Balaban J connectivity index is 2.51. The molecule has 1 aromatic carbocycles. The van der Waals surface area contributed by atoms with E-state index in [9.17, 15) is 0 Å². The van der Waals surface area contributed by atoms with E-state index >= 15 is 0 Å². The van der Waals surface area contributed by atoms with Crippen molar-refractivity contribution >= 4 is 11.8 Å². The molecular formula is C14H20N2S. The smallest absolute Gasteiger partial charge is 0.105 e. The Labute approximate surface area is 108 Å². The van der Waals surface area contributed by atoms with E-state index in [4.69, 9.17) is 5.26 Å². The zero-order valence-electron chi connectivity index (χ0n) is 10.8. The molecule has 17 heavy (non-hydrogen) atoms. The maximum absolute atomic E-state index is 9.02. The van der Waals surface area contributed by atoms with Crippen LogP contribution < -0.4 is 5.32 Å². The second-order valence-electron chi connectivity index (χ2n) is 4.22. The molecule has 92 valence electrons. The first-order valence-electron chi connectivity index (χ1n) is 6.00. The zero-order valence-corrected chi connectivity index (χ0v) is 11.6. The van der Waals surface area contributed by atoms with Crippen LogP contribution in [-0.2, 0) is 0 Å². The predicted octanol–water partition coefficient (Wildman–Crippen LogP) is 3.29. The molecule has 0 saturated carbocycles. The van der Waals surface area contributed by atoms with Crippen molar-refractivity contribution in [2.24, 2.45) is 0 Å². The number of nitrogens with one attached hydrogen (secondary N) is 1. The fourth-order valence-corrected chi connectivity index (χ4v) is 2.58. The normalized spacial score (nSPS) is 12.1. The third-order valence-electron chi connectivity index (χ3n) is 2.53. The average Bonchev–Trinajstić information content (AvgIpc) is 2.31. The molecule has 1 rings (SSSR count). The fraction of sp³-hybridized carbons (Fsp3) is 0.500. The van der Waals surface area contributed by atoms with Gasteiger partial charge in [-0.15, -0.1) is 11.8 Å². The van der Waals surface area contributed by atoms with Gasteiger partial charge in [0.25, 0.3) is 0 Å². The highest BCUT2D eigenvalue weighted by molar-refractivity contribution is 7.99. The van der Waals surface area contributed by atoms with Crippen LogP contribution >= 0.6 is 11.8 Å².